The highest BCUT2D eigenvalue weighted by atomic mass is 32.1. The van der Waals surface area contributed by atoms with Crippen LogP contribution in [0.3, 0.4) is 0 Å². The standard InChI is InChI=1S/C12H19NOS/c1-12(5-3-2-4-6-12)11(14)7-10-8-13-9-15-10/h8-9,11,14H,2-7H2,1H3. The van der Waals surface area contributed by atoms with Crippen LogP contribution in [0, 0.1) is 5.41 Å². The van der Waals surface area contributed by atoms with Crippen molar-refractivity contribution in [2.75, 3.05) is 0 Å². The molecule has 1 aliphatic carbocycles. The van der Waals surface area contributed by atoms with Crippen LogP contribution in [0.15, 0.2) is 11.7 Å². The third-order valence-corrected chi connectivity index (χ3v) is 4.48. The zero-order chi connectivity index (χ0) is 10.7. The highest BCUT2D eigenvalue weighted by Crippen LogP contribution is 2.39. The lowest BCUT2D eigenvalue weighted by Gasteiger charge is -2.37. The highest BCUT2D eigenvalue weighted by Gasteiger charge is 2.34. The van der Waals surface area contributed by atoms with Gasteiger partial charge in [-0.15, -0.1) is 11.3 Å². The van der Waals surface area contributed by atoms with Crippen LogP contribution in [0.5, 0.6) is 0 Å². The molecule has 3 heteroatoms. The first-order valence-corrected chi connectivity index (χ1v) is 6.64. The summed E-state index contributed by atoms with van der Waals surface area (Å²) in [5, 5.41) is 10.3. The number of nitrogens with zero attached hydrogens (tertiary/aromatic N) is 1. The first-order valence-electron chi connectivity index (χ1n) is 5.76. The lowest BCUT2D eigenvalue weighted by Crippen LogP contribution is -2.35. The smallest absolute Gasteiger partial charge is 0.0794 e. The van der Waals surface area contributed by atoms with Crippen molar-refractivity contribution in [2.24, 2.45) is 5.41 Å². The molecule has 1 heterocycles. The van der Waals surface area contributed by atoms with E-state index >= 15 is 0 Å². The Morgan fingerprint density at radius 2 is 2.20 bits per heavy atom. The van der Waals surface area contributed by atoms with Gasteiger partial charge in [-0.05, 0) is 18.3 Å². The molecule has 2 nitrogen and oxygen atoms in total. The summed E-state index contributed by atoms with van der Waals surface area (Å²) in [5.74, 6) is 0. The Bertz CT molecular complexity index is 291. The van der Waals surface area contributed by atoms with Crippen LogP contribution in [0.2, 0.25) is 0 Å². The van der Waals surface area contributed by atoms with Gasteiger partial charge < -0.3 is 5.11 Å². The number of thiazole rings is 1. The van der Waals surface area contributed by atoms with E-state index in [0.717, 1.165) is 6.42 Å². The summed E-state index contributed by atoms with van der Waals surface area (Å²) >= 11 is 1.64. The number of rotatable bonds is 3. The third-order valence-electron chi connectivity index (χ3n) is 3.68. The maximum absolute atomic E-state index is 10.3. The first-order chi connectivity index (χ1) is 7.21. The Hall–Kier alpha value is -0.410. The number of aromatic nitrogens is 1. The van der Waals surface area contributed by atoms with Crippen LogP contribution >= 0.6 is 11.3 Å². The number of hydrogen-bond donors (Lipinski definition) is 1. The second-order valence-electron chi connectivity index (χ2n) is 4.90. The van der Waals surface area contributed by atoms with Crippen molar-refractivity contribution in [3.05, 3.63) is 16.6 Å². The number of aliphatic hydroxyl groups is 1. The minimum absolute atomic E-state index is 0.141. The Labute approximate surface area is 95.4 Å². The summed E-state index contributed by atoms with van der Waals surface area (Å²) in [7, 11) is 0. The fourth-order valence-corrected chi connectivity index (χ4v) is 3.11. The molecule has 1 fully saturated rings. The fourth-order valence-electron chi connectivity index (χ4n) is 2.47. The van der Waals surface area contributed by atoms with E-state index in [1.165, 1.54) is 37.0 Å². The van der Waals surface area contributed by atoms with E-state index in [-0.39, 0.29) is 11.5 Å². The van der Waals surface area contributed by atoms with E-state index in [4.69, 9.17) is 0 Å². The van der Waals surface area contributed by atoms with Gasteiger partial charge >= 0.3 is 0 Å². The maximum Gasteiger partial charge on any atom is 0.0794 e. The topological polar surface area (TPSA) is 33.1 Å². The number of hydrogen-bond acceptors (Lipinski definition) is 3. The van der Waals surface area contributed by atoms with E-state index in [9.17, 15) is 5.11 Å². The molecule has 0 bridgehead atoms. The van der Waals surface area contributed by atoms with Crippen molar-refractivity contribution in [1.82, 2.24) is 4.98 Å². The number of aliphatic hydroxyl groups excluding tert-OH is 1. The van der Waals surface area contributed by atoms with Crippen LogP contribution in [-0.4, -0.2) is 16.2 Å². The molecule has 0 radical (unpaired) electrons. The molecule has 1 aromatic heterocycles. The summed E-state index contributed by atoms with van der Waals surface area (Å²) in [6.07, 6.45) is 8.69. The van der Waals surface area contributed by atoms with E-state index in [2.05, 4.69) is 11.9 Å². The summed E-state index contributed by atoms with van der Waals surface area (Å²) < 4.78 is 0. The molecule has 0 aromatic carbocycles. The van der Waals surface area contributed by atoms with Gasteiger partial charge in [0.15, 0.2) is 0 Å². The molecule has 1 N–H and O–H groups in total. The Morgan fingerprint density at radius 1 is 1.47 bits per heavy atom. The monoisotopic (exact) mass is 225 g/mol. The SMILES string of the molecule is CC1(C(O)Cc2cncs2)CCCCC1. The minimum Gasteiger partial charge on any atom is -0.392 e. The van der Waals surface area contributed by atoms with E-state index in [0.29, 0.717) is 0 Å². The fraction of sp³-hybridized carbons (Fsp3) is 0.750. The molecule has 0 saturated heterocycles. The van der Waals surface area contributed by atoms with Crippen molar-refractivity contribution in [1.29, 1.82) is 0 Å². The van der Waals surface area contributed by atoms with Crippen molar-refractivity contribution in [3.63, 3.8) is 0 Å². The van der Waals surface area contributed by atoms with E-state index in [1.807, 2.05) is 11.7 Å². The van der Waals surface area contributed by atoms with E-state index < -0.39 is 0 Å². The molecule has 1 unspecified atom stereocenters. The van der Waals surface area contributed by atoms with Crippen molar-refractivity contribution >= 4 is 11.3 Å². The van der Waals surface area contributed by atoms with Crippen molar-refractivity contribution < 1.29 is 5.11 Å². The van der Waals surface area contributed by atoms with Crippen LogP contribution < -0.4 is 0 Å². The average molecular weight is 225 g/mol. The van der Waals surface area contributed by atoms with Gasteiger partial charge in [0.2, 0.25) is 0 Å². The normalized spacial score (nSPS) is 22.5. The van der Waals surface area contributed by atoms with Gasteiger partial charge in [0.05, 0.1) is 11.6 Å². The first kappa shape index (κ1) is 11.1. The Morgan fingerprint density at radius 3 is 2.80 bits per heavy atom. The molecule has 0 spiro atoms. The summed E-state index contributed by atoms with van der Waals surface area (Å²) in [5.41, 5.74) is 1.98. The maximum atomic E-state index is 10.3. The van der Waals surface area contributed by atoms with Crippen LogP contribution in [0.25, 0.3) is 0 Å². The quantitative estimate of drug-likeness (QED) is 0.857. The lowest BCUT2D eigenvalue weighted by atomic mass is 9.71. The minimum atomic E-state index is -0.196. The predicted octanol–water partition coefficient (Wildman–Crippen LogP) is 3.02. The predicted molar refractivity (Wildman–Crippen MR) is 63.0 cm³/mol. The van der Waals surface area contributed by atoms with Gasteiger partial charge in [-0.2, -0.15) is 0 Å². The second-order valence-corrected chi connectivity index (χ2v) is 5.87. The molecule has 0 amide bonds. The molecule has 1 atom stereocenters. The van der Waals surface area contributed by atoms with Gasteiger partial charge in [-0.25, -0.2) is 0 Å². The lowest BCUT2D eigenvalue weighted by molar-refractivity contribution is 0.0109. The molecule has 0 aliphatic heterocycles. The van der Waals surface area contributed by atoms with Gasteiger partial charge in [-0.1, -0.05) is 26.2 Å². The van der Waals surface area contributed by atoms with Gasteiger partial charge in [0.1, 0.15) is 0 Å². The molecule has 1 aromatic rings. The second kappa shape index (κ2) is 4.62. The molecular formula is C12H19NOS. The van der Waals surface area contributed by atoms with Gasteiger partial charge in [0.25, 0.3) is 0 Å². The van der Waals surface area contributed by atoms with Crippen LogP contribution in [0.4, 0.5) is 0 Å². The van der Waals surface area contributed by atoms with E-state index in [1.54, 1.807) is 11.3 Å². The molecule has 1 aliphatic rings. The van der Waals surface area contributed by atoms with Crippen LogP contribution in [0.1, 0.15) is 43.9 Å². The zero-order valence-corrected chi connectivity index (χ0v) is 10.1. The Balaban J connectivity index is 1.97. The highest BCUT2D eigenvalue weighted by molar-refractivity contribution is 7.09. The van der Waals surface area contributed by atoms with Crippen molar-refractivity contribution in [2.45, 2.75) is 51.6 Å². The van der Waals surface area contributed by atoms with Crippen molar-refractivity contribution in [3.8, 4) is 0 Å². The summed E-state index contributed by atoms with van der Waals surface area (Å²) in [4.78, 5) is 5.25. The Kier molecular flexibility index (Phi) is 3.42. The average Bonchev–Trinajstić information content (AvgIpc) is 2.71. The molecule has 1 saturated carbocycles. The largest absolute Gasteiger partial charge is 0.392 e. The molecular weight excluding hydrogens is 206 g/mol. The molecule has 15 heavy (non-hydrogen) atoms. The summed E-state index contributed by atoms with van der Waals surface area (Å²) in [6.45, 7) is 2.23. The zero-order valence-electron chi connectivity index (χ0n) is 9.28. The van der Waals surface area contributed by atoms with Gasteiger partial charge in [0, 0.05) is 17.5 Å². The summed E-state index contributed by atoms with van der Waals surface area (Å²) in [6, 6.07) is 0. The molecule has 2 rings (SSSR count). The van der Waals surface area contributed by atoms with Crippen LogP contribution in [-0.2, 0) is 6.42 Å². The van der Waals surface area contributed by atoms with Gasteiger partial charge in [-0.3, -0.25) is 4.98 Å². The molecule has 84 valence electrons. The third kappa shape index (κ3) is 2.58.